The molecule has 1 aliphatic heterocycles. The van der Waals surface area contributed by atoms with Gasteiger partial charge in [0.15, 0.2) is 0 Å². The molecule has 1 aliphatic rings. The van der Waals surface area contributed by atoms with Crippen LogP contribution in [0.3, 0.4) is 0 Å². The molecule has 1 aromatic carbocycles. The van der Waals surface area contributed by atoms with Gasteiger partial charge in [-0.05, 0) is 30.0 Å². The summed E-state index contributed by atoms with van der Waals surface area (Å²) in [4.78, 5) is 28.2. The van der Waals surface area contributed by atoms with E-state index in [9.17, 15) is 14.7 Å². The fourth-order valence-electron chi connectivity index (χ4n) is 2.75. The quantitative estimate of drug-likeness (QED) is 0.888. The zero-order valence-corrected chi connectivity index (χ0v) is 12.3. The van der Waals surface area contributed by atoms with E-state index in [1.807, 2.05) is 31.2 Å². The summed E-state index contributed by atoms with van der Waals surface area (Å²) in [7, 11) is 0. The Hall–Kier alpha value is -2.18. The van der Waals surface area contributed by atoms with E-state index in [0.29, 0.717) is 25.3 Å². The van der Waals surface area contributed by atoms with Crippen molar-refractivity contribution in [3.05, 3.63) is 45.7 Å². The second-order valence-corrected chi connectivity index (χ2v) is 5.61. The van der Waals surface area contributed by atoms with Gasteiger partial charge in [-0.15, -0.1) is 0 Å². The highest BCUT2D eigenvalue weighted by atomic mass is 16.5. The number of carboxylic acids is 1. The first-order valence-electron chi connectivity index (χ1n) is 7.22. The standard InChI is InChI=1S/C16H18N2O4/c1-10-2-3-11-7-12(15(19)17-13(11)6-10)8-18-4-5-22-9-14(18)16(20)21/h2-3,6-7,14H,4-5,8-9H2,1H3,(H,17,19)(H,20,21)/t14-/m1/s1. The number of benzene rings is 1. The number of carbonyl (C=O) groups is 1. The van der Waals surface area contributed by atoms with Crippen molar-refractivity contribution in [2.75, 3.05) is 19.8 Å². The molecule has 6 nitrogen and oxygen atoms in total. The number of aliphatic carboxylic acids is 1. The Balaban J connectivity index is 1.92. The molecule has 0 spiro atoms. The Morgan fingerprint density at radius 3 is 3.05 bits per heavy atom. The minimum Gasteiger partial charge on any atom is -0.480 e. The molecule has 0 saturated carbocycles. The van der Waals surface area contributed by atoms with E-state index in [4.69, 9.17) is 4.74 Å². The maximum atomic E-state index is 12.2. The van der Waals surface area contributed by atoms with E-state index in [-0.39, 0.29) is 12.2 Å². The van der Waals surface area contributed by atoms with Crippen molar-refractivity contribution >= 4 is 16.9 Å². The van der Waals surface area contributed by atoms with E-state index in [1.54, 1.807) is 4.90 Å². The Morgan fingerprint density at radius 1 is 1.45 bits per heavy atom. The lowest BCUT2D eigenvalue weighted by atomic mass is 10.1. The van der Waals surface area contributed by atoms with Gasteiger partial charge in [0.05, 0.1) is 13.2 Å². The Bertz CT molecular complexity index is 768. The molecule has 2 N–H and O–H groups in total. The van der Waals surface area contributed by atoms with Gasteiger partial charge in [-0.2, -0.15) is 0 Å². The highest BCUT2D eigenvalue weighted by molar-refractivity contribution is 5.79. The number of carboxylic acid groups (broad SMARTS) is 1. The van der Waals surface area contributed by atoms with E-state index in [0.717, 1.165) is 16.5 Å². The zero-order chi connectivity index (χ0) is 15.7. The molecule has 22 heavy (non-hydrogen) atoms. The molecule has 0 amide bonds. The van der Waals surface area contributed by atoms with Crippen LogP contribution >= 0.6 is 0 Å². The third-order valence-electron chi connectivity index (χ3n) is 3.98. The number of rotatable bonds is 3. The van der Waals surface area contributed by atoms with Crippen LogP contribution in [0.1, 0.15) is 11.1 Å². The second-order valence-electron chi connectivity index (χ2n) is 5.61. The number of nitrogens with one attached hydrogen (secondary N) is 1. The molecule has 3 rings (SSSR count). The molecule has 1 aromatic heterocycles. The van der Waals surface area contributed by atoms with Crippen molar-refractivity contribution in [3.8, 4) is 0 Å². The topological polar surface area (TPSA) is 82.6 Å². The Labute approximate surface area is 127 Å². The van der Waals surface area contributed by atoms with Crippen LogP contribution in [0, 0.1) is 6.92 Å². The van der Waals surface area contributed by atoms with Gasteiger partial charge in [-0.3, -0.25) is 14.5 Å². The summed E-state index contributed by atoms with van der Waals surface area (Å²) in [6.07, 6.45) is 0. The van der Waals surface area contributed by atoms with Gasteiger partial charge in [0.2, 0.25) is 0 Å². The van der Waals surface area contributed by atoms with Crippen LogP contribution in [-0.2, 0) is 16.1 Å². The van der Waals surface area contributed by atoms with Crippen LogP contribution < -0.4 is 5.56 Å². The van der Waals surface area contributed by atoms with Crippen molar-refractivity contribution in [3.63, 3.8) is 0 Å². The molecule has 1 fully saturated rings. The lowest BCUT2D eigenvalue weighted by molar-refractivity contribution is -0.150. The number of fused-ring (bicyclic) bond motifs is 1. The third kappa shape index (κ3) is 2.88. The van der Waals surface area contributed by atoms with Gasteiger partial charge in [0, 0.05) is 24.2 Å². The molecule has 1 atom stereocenters. The molecule has 2 aromatic rings. The molecule has 0 bridgehead atoms. The first-order valence-corrected chi connectivity index (χ1v) is 7.22. The number of nitrogens with zero attached hydrogens (tertiary/aromatic N) is 1. The van der Waals surface area contributed by atoms with Crippen LogP contribution in [0.4, 0.5) is 0 Å². The van der Waals surface area contributed by atoms with Crippen LogP contribution in [0.15, 0.2) is 29.1 Å². The predicted octanol–water partition coefficient (Wildman–Crippen LogP) is 1.12. The van der Waals surface area contributed by atoms with Gasteiger partial charge < -0.3 is 14.8 Å². The maximum absolute atomic E-state index is 12.2. The highest BCUT2D eigenvalue weighted by Crippen LogP contribution is 2.16. The average Bonchev–Trinajstić information content (AvgIpc) is 2.48. The van der Waals surface area contributed by atoms with E-state index in [2.05, 4.69) is 4.98 Å². The lowest BCUT2D eigenvalue weighted by Gasteiger charge is -2.32. The monoisotopic (exact) mass is 302 g/mol. The predicted molar refractivity (Wildman–Crippen MR) is 82.0 cm³/mol. The van der Waals surface area contributed by atoms with E-state index < -0.39 is 12.0 Å². The van der Waals surface area contributed by atoms with Crippen molar-refractivity contribution in [2.24, 2.45) is 0 Å². The molecule has 0 unspecified atom stereocenters. The summed E-state index contributed by atoms with van der Waals surface area (Å²) < 4.78 is 5.22. The van der Waals surface area contributed by atoms with Gasteiger partial charge in [0.1, 0.15) is 6.04 Å². The molecule has 116 valence electrons. The molecule has 2 heterocycles. The number of H-pyrrole nitrogens is 1. The summed E-state index contributed by atoms with van der Waals surface area (Å²) >= 11 is 0. The SMILES string of the molecule is Cc1ccc2cc(CN3CCOC[C@@H]3C(=O)O)c(=O)[nH]c2c1. The molecule has 1 saturated heterocycles. The van der Waals surface area contributed by atoms with Crippen LogP contribution in [-0.4, -0.2) is 46.8 Å². The normalized spacial score (nSPS) is 19.4. The second kappa shape index (κ2) is 5.90. The fraction of sp³-hybridized carbons (Fsp3) is 0.375. The number of hydrogen-bond acceptors (Lipinski definition) is 4. The van der Waals surface area contributed by atoms with E-state index >= 15 is 0 Å². The summed E-state index contributed by atoms with van der Waals surface area (Å²) in [6.45, 7) is 3.41. The minimum atomic E-state index is -0.924. The van der Waals surface area contributed by atoms with Crippen LogP contribution in [0.2, 0.25) is 0 Å². The molecule has 0 radical (unpaired) electrons. The van der Waals surface area contributed by atoms with Gasteiger partial charge in [0.25, 0.3) is 5.56 Å². The number of aromatic amines is 1. The number of hydrogen-bond donors (Lipinski definition) is 2. The Morgan fingerprint density at radius 2 is 2.27 bits per heavy atom. The van der Waals surface area contributed by atoms with Crippen LogP contribution in [0.5, 0.6) is 0 Å². The summed E-state index contributed by atoms with van der Waals surface area (Å²) in [5, 5.41) is 10.2. The van der Waals surface area contributed by atoms with Gasteiger partial charge in [-0.25, -0.2) is 0 Å². The van der Waals surface area contributed by atoms with Crippen LogP contribution in [0.25, 0.3) is 10.9 Å². The average molecular weight is 302 g/mol. The molecular formula is C16H18N2O4. The molecule has 6 heteroatoms. The summed E-state index contributed by atoms with van der Waals surface area (Å²) in [5.41, 5.74) is 2.28. The summed E-state index contributed by atoms with van der Waals surface area (Å²) in [5.74, 6) is -0.924. The maximum Gasteiger partial charge on any atom is 0.323 e. The van der Waals surface area contributed by atoms with Crippen molar-refractivity contribution < 1.29 is 14.6 Å². The fourth-order valence-corrected chi connectivity index (χ4v) is 2.75. The first-order chi connectivity index (χ1) is 10.5. The Kier molecular flexibility index (Phi) is 3.96. The van der Waals surface area contributed by atoms with E-state index in [1.165, 1.54) is 0 Å². The number of aryl methyl sites for hydroxylation is 1. The largest absolute Gasteiger partial charge is 0.480 e. The van der Waals surface area contributed by atoms with Crippen molar-refractivity contribution in [1.82, 2.24) is 9.88 Å². The highest BCUT2D eigenvalue weighted by Gasteiger charge is 2.29. The molecule has 0 aliphatic carbocycles. The number of ether oxygens (including phenoxy) is 1. The summed E-state index contributed by atoms with van der Waals surface area (Å²) in [6, 6.07) is 7.00. The number of morpholine rings is 1. The van der Waals surface area contributed by atoms with Gasteiger partial charge in [-0.1, -0.05) is 12.1 Å². The smallest absolute Gasteiger partial charge is 0.323 e. The third-order valence-corrected chi connectivity index (χ3v) is 3.98. The van der Waals surface area contributed by atoms with Gasteiger partial charge >= 0.3 is 5.97 Å². The first kappa shape index (κ1) is 14.7. The number of aromatic nitrogens is 1. The van der Waals surface area contributed by atoms with Crippen molar-refractivity contribution in [1.29, 1.82) is 0 Å². The minimum absolute atomic E-state index is 0.153. The zero-order valence-electron chi connectivity index (χ0n) is 12.3. The van der Waals surface area contributed by atoms with Crippen molar-refractivity contribution in [2.45, 2.75) is 19.5 Å². The molecular weight excluding hydrogens is 284 g/mol. The number of pyridine rings is 1. The lowest BCUT2D eigenvalue weighted by Crippen LogP contribution is -2.49.